The molecule has 0 aliphatic rings. The molecule has 0 aromatic carbocycles. The minimum absolute atomic E-state index is 0.234. The van der Waals surface area contributed by atoms with Crippen LogP contribution in [0, 0.1) is 6.92 Å². The van der Waals surface area contributed by atoms with Crippen molar-refractivity contribution in [3.8, 4) is 0 Å². The maximum absolute atomic E-state index is 5.46. The van der Waals surface area contributed by atoms with E-state index in [1.807, 2.05) is 13.0 Å². The molecule has 1 unspecified atom stereocenters. The van der Waals surface area contributed by atoms with Gasteiger partial charge in [0.2, 0.25) is 0 Å². The molecular formula is C10H18N2O. The van der Waals surface area contributed by atoms with Crippen molar-refractivity contribution in [3.63, 3.8) is 0 Å². The van der Waals surface area contributed by atoms with Crippen molar-refractivity contribution < 1.29 is 4.42 Å². The summed E-state index contributed by atoms with van der Waals surface area (Å²) in [7, 11) is 0. The first-order valence-electron chi connectivity index (χ1n) is 4.79. The molecule has 0 bridgehead atoms. The standard InChI is InChI=1S/C10H18N2O/c1-3-4-5-10(12-11)9-6-8(2)13-7-9/h6-7,10,12H,3-5,11H2,1-2H3. The predicted molar refractivity (Wildman–Crippen MR) is 53.0 cm³/mol. The van der Waals surface area contributed by atoms with Crippen LogP contribution < -0.4 is 11.3 Å². The van der Waals surface area contributed by atoms with Gasteiger partial charge < -0.3 is 4.42 Å². The van der Waals surface area contributed by atoms with Crippen molar-refractivity contribution in [1.29, 1.82) is 0 Å². The second-order valence-electron chi connectivity index (χ2n) is 3.35. The fourth-order valence-corrected chi connectivity index (χ4v) is 1.40. The fourth-order valence-electron chi connectivity index (χ4n) is 1.40. The average Bonchev–Trinajstić information content (AvgIpc) is 2.54. The Morgan fingerprint density at radius 1 is 1.62 bits per heavy atom. The van der Waals surface area contributed by atoms with Gasteiger partial charge in [-0.3, -0.25) is 11.3 Å². The van der Waals surface area contributed by atoms with Crippen LogP contribution in [0.1, 0.15) is 43.6 Å². The van der Waals surface area contributed by atoms with Gasteiger partial charge in [-0.2, -0.15) is 0 Å². The van der Waals surface area contributed by atoms with Crippen molar-refractivity contribution in [2.45, 2.75) is 39.2 Å². The Morgan fingerprint density at radius 2 is 2.38 bits per heavy atom. The summed E-state index contributed by atoms with van der Waals surface area (Å²) in [5, 5.41) is 0. The molecule has 3 heteroatoms. The van der Waals surface area contributed by atoms with Gasteiger partial charge >= 0.3 is 0 Å². The summed E-state index contributed by atoms with van der Waals surface area (Å²) < 4.78 is 5.23. The minimum Gasteiger partial charge on any atom is -0.469 e. The summed E-state index contributed by atoms with van der Waals surface area (Å²) in [5.74, 6) is 6.40. The molecule has 0 radical (unpaired) electrons. The zero-order chi connectivity index (χ0) is 9.68. The number of nitrogens with one attached hydrogen (secondary N) is 1. The molecular weight excluding hydrogens is 164 g/mol. The van der Waals surface area contributed by atoms with Crippen LogP contribution in [0.25, 0.3) is 0 Å². The smallest absolute Gasteiger partial charge is 0.101 e. The molecule has 0 fully saturated rings. The fraction of sp³-hybridized carbons (Fsp3) is 0.600. The summed E-state index contributed by atoms with van der Waals surface area (Å²) in [5.41, 5.74) is 3.95. The van der Waals surface area contributed by atoms with Gasteiger partial charge in [0, 0.05) is 11.6 Å². The highest BCUT2D eigenvalue weighted by molar-refractivity contribution is 5.15. The van der Waals surface area contributed by atoms with E-state index in [0.29, 0.717) is 0 Å². The van der Waals surface area contributed by atoms with Crippen LogP contribution in [0.4, 0.5) is 0 Å². The zero-order valence-electron chi connectivity index (χ0n) is 8.34. The van der Waals surface area contributed by atoms with Crippen LogP contribution >= 0.6 is 0 Å². The Kier molecular flexibility index (Phi) is 3.99. The first-order valence-corrected chi connectivity index (χ1v) is 4.79. The third-order valence-electron chi connectivity index (χ3n) is 2.20. The number of hydrazine groups is 1. The third kappa shape index (κ3) is 2.86. The lowest BCUT2D eigenvalue weighted by molar-refractivity contribution is 0.481. The maximum Gasteiger partial charge on any atom is 0.101 e. The summed E-state index contributed by atoms with van der Waals surface area (Å²) in [4.78, 5) is 0. The van der Waals surface area contributed by atoms with E-state index in [-0.39, 0.29) is 6.04 Å². The Hall–Kier alpha value is -0.800. The number of unbranched alkanes of at least 4 members (excludes halogenated alkanes) is 1. The van der Waals surface area contributed by atoms with Gasteiger partial charge in [-0.1, -0.05) is 19.8 Å². The highest BCUT2D eigenvalue weighted by Crippen LogP contribution is 2.20. The van der Waals surface area contributed by atoms with Gasteiger partial charge in [0.1, 0.15) is 5.76 Å². The van der Waals surface area contributed by atoms with Crippen LogP contribution in [-0.2, 0) is 0 Å². The molecule has 1 rings (SSSR count). The molecule has 0 amide bonds. The minimum atomic E-state index is 0.234. The lowest BCUT2D eigenvalue weighted by Gasteiger charge is -2.12. The first-order chi connectivity index (χ1) is 6.27. The molecule has 0 aliphatic carbocycles. The highest BCUT2D eigenvalue weighted by atomic mass is 16.3. The number of furan rings is 1. The van der Waals surface area contributed by atoms with E-state index in [4.69, 9.17) is 10.3 Å². The van der Waals surface area contributed by atoms with Gasteiger partial charge in [0.25, 0.3) is 0 Å². The van der Waals surface area contributed by atoms with Crippen molar-refractivity contribution in [3.05, 3.63) is 23.7 Å². The molecule has 3 N–H and O–H groups in total. The van der Waals surface area contributed by atoms with E-state index >= 15 is 0 Å². The second-order valence-corrected chi connectivity index (χ2v) is 3.35. The van der Waals surface area contributed by atoms with Crippen molar-refractivity contribution in [2.75, 3.05) is 0 Å². The van der Waals surface area contributed by atoms with Crippen molar-refractivity contribution in [1.82, 2.24) is 5.43 Å². The van der Waals surface area contributed by atoms with E-state index in [2.05, 4.69) is 12.3 Å². The zero-order valence-corrected chi connectivity index (χ0v) is 8.34. The molecule has 0 spiro atoms. The van der Waals surface area contributed by atoms with Gasteiger partial charge in [0.15, 0.2) is 0 Å². The summed E-state index contributed by atoms with van der Waals surface area (Å²) in [6.45, 7) is 4.12. The topological polar surface area (TPSA) is 51.2 Å². The summed E-state index contributed by atoms with van der Waals surface area (Å²) in [6, 6.07) is 2.26. The van der Waals surface area contributed by atoms with Crippen molar-refractivity contribution in [2.24, 2.45) is 5.84 Å². The van der Waals surface area contributed by atoms with Crippen LogP contribution in [-0.4, -0.2) is 0 Å². The monoisotopic (exact) mass is 182 g/mol. The van der Waals surface area contributed by atoms with E-state index in [0.717, 1.165) is 17.7 Å². The van der Waals surface area contributed by atoms with E-state index < -0.39 is 0 Å². The Labute approximate surface area is 79.3 Å². The number of aryl methyl sites for hydroxylation is 1. The molecule has 0 saturated carbocycles. The number of hydrogen-bond donors (Lipinski definition) is 2. The molecule has 1 aromatic heterocycles. The van der Waals surface area contributed by atoms with Crippen LogP contribution in [0.5, 0.6) is 0 Å². The van der Waals surface area contributed by atoms with Crippen molar-refractivity contribution >= 4 is 0 Å². The van der Waals surface area contributed by atoms with E-state index in [9.17, 15) is 0 Å². The van der Waals surface area contributed by atoms with Gasteiger partial charge in [0.05, 0.1) is 6.26 Å². The Bertz CT molecular complexity index is 245. The molecule has 13 heavy (non-hydrogen) atoms. The summed E-state index contributed by atoms with van der Waals surface area (Å²) in [6.07, 6.45) is 5.20. The predicted octanol–water partition coefficient (Wildman–Crippen LogP) is 2.28. The maximum atomic E-state index is 5.46. The highest BCUT2D eigenvalue weighted by Gasteiger charge is 2.10. The average molecular weight is 182 g/mol. The SMILES string of the molecule is CCCCC(NN)c1coc(C)c1. The second kappa shape index (κ2) is 5.04. The Morgan fingerprint density at radius 3 is 2.85 bits per heavy atom. The summed E-state index contributed by atoms with van der Waals surface area (Å²) >= 11 is 0. The van der Waals surface area contributed by atoms with Crippen LogP contribution in [0.15, 0.2) is 16.7 Å². The quantitative estimate of drug-likeness (QED) is 0.542. The molecule has 3 nitrogen and oxygen atoms in total. The Balaban J connectivity index is 2.56. The lowest BCUT2D eigenvalue weighted by Crippen LogP contribution is -2.27. The molecule has 0 saturated heterocycles. The molecule has 1 atom stereocenters. The first kappa shape index (κ1) is 10.3. The van der Waals surface area contributed by atoms with Gasteiger partial charge in [-0.05, 0) is 19.4 Å². The van der Waals surface area contributed by atoms with E-state index in [1.165, 1.54) is 12.8 Å². The molecule has 74 valence electrons. The number of nitrogens with two attached hydrogens (primary N) is 1. The normalized spacial score (nSPS) is 13.2. The molecule has 0 aliphatic heterocycles. The van der Waals surface area contributed by atoms with E-state index in [1.54, 1.807) is 6.26 Å². The van der Waals surface area contributed by atoms with Gasteiger partial charge in [-0.25, -0.2) is 0 Å². The van der Waals surface area contributed by atoms with Gasteiger partial charge in [-0.15, -0.1) is 0 Å². The molecule has 1 aromatic rings. The molecule has 1 heterocycles. The number of hydrogen-bond acceptors (Lipinski definition) is 3. The van der Waals surface area contributed by atoms with Crippen LogP contribution in [0.3, 0.4) is 0 Å². The third-order valence-corrected chi connectivity index (χ3v) is 2.20. The largest absolute Gasteiger partial charge is 0.469 e. The number of rotatable bonds is 5. The van der Waals surface area contributed by atoms with Crippen LogP contribution in [0.2, 0.25) is 0 Å². The lowest BCUT2D eigenvalue weighted by atomic mass is 10.0.